The molecule has 0 saturated heterocycles. The summed E-state index contributed by atoms with van der Waals surface area (Å²) in [6, 6.07) is 10.5. The van der Waals surface area contributed by atoms with Gasteiger partial charge in [0, 0.05) is 12.2 Å². The third-order valence-corrected chi connectivity index (χ3v) is 3.70. The second kappa shape index (κ2) is 7.79. The minimum Gasteiger partial charge on any atom is -0.459 e. The van der Waals surface area contributed by atoms with Crippen molar-refractivity contribution in [2.45, 2.75) is 38.8 Å². The van der Waals surface area contributed by atoms with Gasteiger partial charge in [0.15, 0.2) is 5.76 Å². The maximum absolute atomic E-state index is 12.1. The molecule has 2 amide bonds. The lowest BCUT2D eigenvalue weighted by atomic mass is 9.96. The zero-order valence-electron chi connectivity index (χ0n) is 14.0. The molecule has 0 aliphatic heterocycles. The number of carbonyl (C=O) groups is 2. The highest BCUT2D eigenvalue weighted by Gasteiger charge is 2.26. The predicted molar refractivity (Wildman–Crippen MR) is 92.5 cm³/mol. The number of furan rings is 1. The van der Waals surface area contributed by atoms with Crippen LogP contribution < -0.4 is 16.4 Å². The smallest absolute Gasteiger partial charge is 0.291 e. The van der Waals surface area contributed by atoms with E-state index in [0.717, 1.165) is 12.0 Å². The SMILES string of the molecule is CCCC(C)(N)C(=O)NCc1ccc(NC(=O)c2ccco2)cc1. The van der Waals surface area contributed by atoms with E-state index in [1.807, 2.05) is 19.1 Å². The summed E-state index contributed by atoms with van der Waals surface area (Å²) in [5.74, 6) is -0.219. The van der Waals surface area contributed by atoms with E-state index in [1.165, 1.54) is 6.26 Å². The van der Waals surface area contributed by atoms with Gasteiger partial charge >= 0.3 is 0 Å². The number of hydrogen-bond acceptors (Lipinski definition) is 4. The Morgan fingerprint density at radius 3 is 2.50 bits per heavy atom. The molecule has 0 bridgehead atoms. The fraction of sp³-hybridized carbons (Fsp3) is 0.333. The molecule has 4 N–H and O–H groups in total. The lowest BCUT2D eigenvalue weighted by Crippen LogP contribution is -2.51. The zero-order valence-corrected chi connectivity index (χ0v) is 14.0. The first-order valence-corrected chi connectivity index (χ1v) is 7.93. The third kappa shape index (κ3) is 4.70. The van der Waals surface area contributed by atoms with Crippen molar-refractivity contribution in [3.05, 3.63) is 54.0 Å². The molecule has 24 heavy (non-hydrogen) atoms. The number of amides is 2. The summed E-state index contributed by atoms with van der Waals surface area (Å²) in [5, 5.41) is 5.58. The van der Waals surface area contributed by atoms with E-state index in [4.69, 9.17) is 10.2 Å². The zero-order chi connectivity index (χ0) is 17.6. The predicted octanol–water partition coefficient (Wildman–Crippen LogP) is 2.67. The molecule has 0 spiro atoms. The number of nitrogens with one attached hydrogen (secondary N) is 2. The average Bonchev–Trinajstić information content (AvgIpc) is 3.08. The van der Waals surface area contributed by atoms with Crippen LogP contribution in [-0.2, 0) is 11.3 Å². The quantitative estimate of drug-likeness (QED) is 0.727. The van der Waals surface area contributed by atoms with Crippen molar-refractivity contribution < 1.29 is 14.0 Å². The highest BCUT2D eigenvalue weighted by atomic mass is 16.3. The van der Waals surface area contributed by atoms with Crippen molar-refractivity contribution in [1.29, 1.82) is 0 Å². The number of nitrogens with two attached hydrogens (primary N) is 1. The average molecular weight is 329 g/mol. The molecular weight excluding hydrogens is 306 g/mol. The summed E-state index contributed by atoms with van der Waals surface area (Å²) in [6.45, 7) is 4.12. The molecule has 0 saturated carbocycles. The Morgan fingerprint density at radius 2 is 1.92 bits per heavy atom. The summed E-state index contributed by atoms with van der Waals surface area (Å²) in [4.78, 5) is 23.9. The van der Waals surface area contributed by atoms with E-state index in [1.54, 1.807) is 31.2 Å². The number of anilines is 1. The van der Waals surface area contributed by atoms with Crippen LogP contribution in [0.5, 0.6) is 0 Å². The van der Waals surface area contributed by atoms with Crippen molar-refractivity contribution in [2.75, 3.05) is 5.32 Å². The fourth-order valence-corrected chi connectivity index (χ4v) is 2.32. The molecule has 0 aliphatic rings. The number of rotatable bonds is 7. The van der Waals surface area contributed by atoms with Gasteiger partial charge < -0.3 is 20.8 Å². The Bertz CT molecular complexity index is 676. The minimum absolute atomic E-state index is 0.167. The second-order valence-corrected chi connectivity index (χ2v) is 5.98. The minimum atomic E-state index is -0.855. The van der Waals surface area contributed by atoms with Crippen molar-refractivity contribution in [3.8, 4) is 0 Å². The summed E-state index contributed by atoms with van der Waals surface area (Å²) >= 11 is 0. The first kappa shape index (κ1) is 17.7. The van der Waals surface area contributed by atoms with E-state index in [0.29, 0.717) is 18.7 Å². The van der Waals surface area contributed by atoms with E-state index in [9.17, 15) is 9.59 Å². The van der Waals surface area contributed by atoms with Crippen LogP contribution >= 0.6 is 0 Å². The van der Waals surface area contributed by atoms with Crippen molar-refractivity contribution in [1.82, 2.24) is 5.32 Å². The van der Waals surface area contributed by atoms with Crippen LogP contribution in [0.1, 0.15) is 42.8 Å². The Morgan fingerprint density at radius 1 is 1.21 bits per heavy atom. The summed E-state index contributed by atoms with van der Waals surface area (Å²) < 4.78 is 5.04. The van der Waals surface area contributed by atoms with Crippen molar-refractivity contribution in [3.63, 3.8) is 0 Å². The molecule has 1 aromatic carbocycles. The van der Waals surface area contributed by atoms with Gasteiger partial charge in [-0.05, 0) is 43.2 Å². The number of benzene rings is 1. The van der Waals surface area contributed by atoms with Crippen LogP contribution in [0.3, 0.4) is 0 Å². The van der Waals surface area contributed by atoms with E-state index >= 15 is 0 Å². The Labute approximate surface area is 141 Å². The van der Waals surface area contributed by atoms with Crippen LogP contribution in [0.25, 0.3) is 0 Å². The van der Waals surface area contributed by atoms with Gasteiger partial charge in [0.1, 0.15) is 0 Å². The van der Waals surface area contributed by atoms with Crippen molar-refractivity contribution in [2.24, 2.45) is 5.73 Å². The van der Waals surface area contributed by atoms with Crippen LogP contribution in [0.2, 0.25) is 0 Å². The second-order valence-electron chi connectivity index (χ2n) is 5.98. The van der Waals surface area contributed by atoms with Crippen molar-refractivity contribution >= 4 is 17.5 Å². The third-order valence-electron chi connectivity index (χ3n) is 3.70. The molecule has 0 aliphatic carbocycles. The van der Waals surface area contributed by atoms with E-state index in [-0.39, 0.29) is 17.6 Å². The Balaban J connectivity index is 1.88. The topological polar surface area (TPSA) is 97.4 Å². The van der Waals surface area contributed by atoms with Gasteiger partial charge in [-0.3, -0.25) is 9.59 Å². The first-order chi connectivity index (χ1) is 11.4. The van der Waals surface area contributed by atoms with Gasteiger partial charge in [-0.15, -0.1) is 0 Å². The van der Waals surface area contributed by atoms with Gasteiger partial charge in [-0.1, -0.05) is 25.5 Å². The van der Waals surface area contributed by atoms with E-state index < -0.39 is 5.54 Å². The maximum atomic E-state index is 12.1. The molecule has 6 heteroatoms. The molecule has 2 rings (SSSR count). The lowest BCUT2D eigenvalue weighted by molar-refractivity contribution is -0.126. The molecule has 0 fully saturated rings. The highest BCUT2D eigenvalue weighted by molar-refractivity contribution is 6.02. The number of carbonyl (C=O) groups excluding carboxylic acids is 2. The fourth-order valence-electron chi connectivity index (χ4n) is 2.32. The van der Waals surface area contributed by atoms with E-state index in [2.05, 4.69) is 10.6 Å². The molecule has 1 unspecified atom stereocenters. The summed E-state index contributed by atoms with van der Waals surface area (Å²) in [6.07, 6.45) is 2.94. The maximum Gasteiger partial charge on any atom is 0.291 e. The molecular formula is C18H23N3O3. The van der Waals surface area contributed by atoms with Gasteiger partial charge in [-0.2, -0.15) is 0 Å². The molecule has 6 nitrogen and oxygen atoms in total. The highest BCUT2D eigenvalue weighted by Crippen LogP contribution is 2.13. The van der Waals surface area contributed by atoms with Gasteiger partial charge in [-0.25, -0.2) is 0 Å². The Hall–Kier alpha value is -2.60. The number of hydrogen-bond donors (Lipinski definition) is 3. The normalized spacial score (nSPS) is 13.1. The van der Waals surface area contributed by atoms with Crippen LogP contribution in [0.4, 0.5) is 5.69 Å². The lowest BCUT2D eigenvalue weighted by Gasteiger charge is -2.22. The molecule has 1 atom stereocenters. The monoisotopic (exact) mass is 329 g/mol. The Kier molecular flexibility index (Phi) is 5.76. The van der Waals surface area contributed by atoms with Gasteiger partial charge in [0.2, 0.25) is 5.91 Å². The largest absolute Gasteiger partial charge is 0.459 e. The molecule has 1 heterocycles. The molecule has 128 valence electrons. The molecule has 1 aromatic heterocycles. The van der Waals surface area contributed by atoms with Crippen LogP contribution in [0, 0.1) is 0 Å². The van der Waals surface area contributed by atoms with Gasteiger partial charge in [0.05, 0.1) is 11.8 Å². The summed E-state index contributed by atoms with van der Waals surface area (Å²) in [7, 11) is 0. The van der Waals surface area contributed by atoms with Gasteiger partial charge in [0.25, 0.3) is 5.91 Å². The van der Waals surface area contributed by atoms with Crippen LogP contribution in [0.15, 0.2) is 47.1 Å². The van der Waals surface area contributed by atoms with Crippen LogP contribution in [-0.4, -0.2) is 17.4 Å². The summed E-state index contributed by atoms with van der Waals surface area (Å²) in [5.41, 5.74) is 6.71. The molecule has 2 aromatic rings. The first-order valence-electron chi connectivity index (χ1n) is 7.93. The molecule has 0 radical (unpaired) electrons. The standard InChI is InChI=1S/C18H23N3O3/c1-3-10-18(2,19)17(23)20-12-13-6-8-14(9-7-13)21-16(22)15-5-4-11-24-15/h4-9,11H,3,10,12,19H2,1-2H3,(H,20,23)(H,21,22).